The van der Waals surface area contributed by atoms with Gasteiger partial charge in [0.15, 0.2) is 0 Å². The molecule has 0 saturated carbocycles. The number of methoxy groups -OCH3 is 1. The Bertz CT molecular complexity index is 192. The molecule has 0 N–H and O–H groups in total. The minimum atomic E-state index is -1.12. The Labute approximate surface area is 68.9 Å². The molecule has 0 aromatic carbocycles. The number of carbonyl (C=O) groups excluding carboxylic acids is 1. The lowest BCUT2D eigenvalue weighted by atomic mass is 10.6. The van der Waals surface area contributed by atoms with Gasteiger partial charge in [-0.25, -0.2) is 4.79 Å². The summed E-state index contributed by atoms with van der Waals surface area (Å²) in [6, 6.07) is 0.849. The highest BCUT2D eigenvalue weighted by Gasteiger charge is 2.09. The fraction of sp³-hybridized carbons (Fsp3) is 0.625. The molecule has 0 amide bonds. The van der Waals surface area contributed by atoms with Gasteiger partial charge in [-0.05, 0) is 0 Å². The summed E-state index contributed by atoms with van der Waals surface area (Å²) in [5.41, 5.74) is 0. The van der Waals surface area contributed by atoms with Crippen molar-refractivity contribution in [3.05, 3.63) is 0 Å². The molecule has 0 fully saturated rings. The average molecular weight is 170 g/mol. The van der Waals surface area contributed by atoms with Crippen molar-refractivity contribution < 1.29 is 9.53 Å². The molecular weight excluding hydrogens is 156 g/mol. The van der Waals surface area contributed by atoms with Gasteiger partial charge in [-0.3, -0.25) is 0 Å². The monoisotopic (exact) mass is 170 g/mol. The second kappa shape index (κ2) is 4.19. The smallest absolute Gasteiger partial charge is 0.384 e. The molecule has 0 bridgehead atoms. The number of hydrogen-bond donors (Lipinski definition) is 0. The summed E-state index contributed by atoms with van der Waals surface area (Å²) in [5, 5.41) is 0. The lowest BCUT2D eigenvalue weighted by molar-refractivity contribution is -0.133. The lowest BCUT2D eigenvalue weighted by Crippen LogP contribution is -2.17. The molecule has 0 heterocycles. The van der Waals surface area contributed by atoms with E-state index in [-0.39, 0.29) is 0 Å². The van der Waals surface area contributed by atoms with Crippen LogP contribution in [-0.4, -0.2) is 21.2 Å². The van der Waals surface area contributed by atoms with Crippen LogP contribution < -0.4 is 0 Å². The molecule has 0 aromatic rings. The molecule has 0 aliphatic heterocycles. The zero-order valence-electron chi connectivity index (χ0n) is 7.52. The van der Waals surface area contributed by atoms with Crippen molar-refractivity contribution in [2.45, 2.75) is 25.7 Å². The van der Waals surface area contributed by atoms with Gasteiger partial charge in [0.25, 0.3) is 0 Å². The standard InChI is InChI=1S/C8H14O2Si/c1-10-8(9)6-5-7-11(2,3)4/h7H2,1-4H3. The topological polar surface area (TPSA) is 26.3 Å². The first-order chi connectivity index (χ1) is 4.95. The van der Waals surface area contributed by atoms with Crippen molar-refractivity contribution in [2.24, 2.45) is 0 Å². The molecule has 11 heavy (non-hydrogen) atoms. The molecule has 0 aliphatic carbocycles. The summed E-state index contributed by atoms with van der Waals surface area (Å²) in [7, 11) is 0.221. The van der Waals surface area contributed by atoms with E-state index in [4.69, 9.17) is 0 Å². The Morgan fingerprint density at radius 3 is 2.36 bits per heavy atom. The van der Waals surface area contributed by atoms with Gasteiger partial charge in [-0.2, -0.15) is 0 Å². The van der Waals surface area contributed by atoms with Crippen LogP contribution in [0.5, 0.6) is 0 Å². The molecule has 3 heteroatoms. The maximum Gasteiger partial charge on any atom is 0.384 e. The van der Waals surface area contributed by atoms with Gasteiger partial charge in [0.1, 0.15) is 0 Å². The van der Waals surface area contributed by atoms with Crippen LogP contribution in [0.25, 0.3) is 0 Å². The summed E-state index contributed by atoms with van der Waals surface area (Å²) in [4.78, 5) is 10.5. The van der Waals surface area contributed by atoms with E-state index in [0.717, 1.165) is 6.04 Å². The van der Waals surface area contributed by atoms with E-state index in [1.165, 1.54) is 7.11 Å². The Kier molecular flexibility index (Phi) is 3.91. The van der Waals surface area contributed by atoms with Gasteiger partial charge in [-0.15, -0.1) is 0 Å². The molecule has 2 nitrogen and oxygen atoms in total. The van der Waals surface area contributed by atoms with Gasteiger partial charge in [0, 0.05) is 12.0 Å². The van der Waals surface area contributed by atoms with Crippen molar-refractivity contribution in [3.63, 3.8) is 0 Å². The highest BCUT2D eigenvalue weighted by atomic mass is 28.3. The van der Waals surface area contributed by atoms with Crippen LogP contribution in [-0.2, 0) is 9.53 Å². The number of hydrogen-bond acceptors (Lipinski definition) is 2. The van der Waals surface area contributed by atoms with Crippen LogP contribution in [0.2, 0.25) is 25.7 Å². The summed E-state index contributed by atoms with van der Waals surface area (Å²) < 4.78 is 4.37. The quantitative estimate of drug-likeness (QED) is 0.258. The summed E-state index contributed by atoms with van der Waals surface area (Å²) >= 11 is 0. The van der Waals surface area contributed by atoms with E-state index in [2.05, 4.69) is 36.2 Å². The minimum Gasteiger partial charge on any atom is -0.459 e. The molecule has 0 spiro atoms. The molecule has 0 radical (unpaired) electrons. The van der Waals surface area contributed by atoms with E-state index in [1.54, 1.807) is 0 Å². The van der Waals surface area contributed by atoms with Gasteiger partial charge in [0.2, 0.25) is 0 Å². The van der Waals surface area contributed by atoms with Crippen LogP contribution in [0.15, 0.2) is 0 Å². The third kappa shape index (κ3) is 7.14. The van der Waals surface area contributed by atoms with Crippen LogP contribution in [0.1, 0.15) is 0 Å². The maximum atomic E-state index is 10.5. The van der Waals surface area contributed by atoms with E-state index in [0.29, 0.717) is 0 Å². The number of rotatable bonds is 1. The van der Waals surface area contributed by atoms with Crippen molar-refractivity contribution in [1.29, 1.82) is 0 Å². The predicted molar refractivity (Wildman–Crippen MR) is 47.9 cm³/mol. The van der Waals surface area contributed by atoms with Crippen molar-refractivity contribution >= 4 is 14.0 Å². The van der Waals surface area contributed by atoms with Crippen molar-refractivity contribution in [1.82, 2.24) is 0 Å². The Morgan fingerprint density at radius 1 is 1.45 bits per heavy atom. The van der Waals surface area contributed by atoms with Gasteiger partial charge >= 0.3 is 5.97 Å². The molecule has 0 unspecified atom stereocenters. The third-order valence-corrected chi connectivity index (χ3v) is 2.23. The highest BCUT2D eigenvalue weighted by Crippen LogP contribution is 2.05. The first-order valence-corrected chi connectivity index (χ1v) is 7.23. The Morgan fingerprint density at radius 2 is 2.00 bits per heavy atom. The van der Waals surface area contributed by atoms with E-state index < -0.39 is 14.0 Å². The first kappa shape index (κ1) is 10.2. The van der Waals surface area contributed by atoms with E-state index >= 15 is 0 Å². The SMILES string of the molecule is COC(=O)C#CC[Si](C)(C)C. The average Bonchev–Trinajstić information content (AvgIpc) is 1.85. The van der Waals surface area contributed by atoms with Crippen LogP contribution in [0, 0.1) is 11.8 Å². The van der Waals surface area contributed by atoms with Crippen molar-refractivity contribution in [3.8, 4) is 11.8 Å². The zero-order chi connectivity index (χ0) is 8.91. The lowest BCUT2D eigenvalue weighted by Gasteiger charge is -2.09. The summed E-state index contributed by atoms with van der Waals surface area (Å²) in [6.45, 7) is 6.62. The predicted octanol–water partition coefficient (Wildman–Crippen LogP) is 1.50. The molecule has 0 rings (SSSR count). The Balaban J connectivity index is 3.83. The van der Waals surface area contributed by atoms with Gasteiger partial charge < -0.3 is 4.74 Å². The van der Waals surface area contributed by atoms with Gasteiger partial charge in [-0.1, -0.05) is 25.6 Å². The molecule has 0 aromatic heterocycles. The van der Waals surface area contributed by atoms with E-state index in [9.17, 15) is 4.79 Å². The highest BCUT2D eigenvalue weighted by molar-refractivity contribution is 6.76. The first-order valence-electron chi connectivity index (χ1n) is 3.52. The molecular formula is C8H14O2Si. The van der Waals surface area contributed by atoms with Gasteiger partial charge in [0.05, 0.1) is 15.2 Å². The molecule has 62 valence electrons. The van der Waals surface area contributed by atoms with Crippen molar-refractivity contribution in [2.75, 3.05) is 7.11 Å². The fourth-order valence-electron chi connectivity index (χ4n) is 0.433. The number of esters is 1. The zero-order valence-corrected chi connectivity index (χ0v) is 8.52. The van der Waals surface area contributed by atoms with E-state index in [1.807, 2.05) is 0 Å². The largest absolute Gasteiger partial charge is 0.459 e. The summed E-state index contributed by atoms with van der Waals surface area (Å²) in [6.07, 6.45) is 0. The molecule has 0 atom stereocenters. The summed E-state index contributed by atoms with van der Waals surface area (Å²) in [5.74, 6) is 4.78. The normalized spacial score (nSPS) is 9.82. The number of ether oxygens (including phenoxy) is 1. The maximum absolute atomic E-state index is 10.5. The van der Waals surface area contributed by atoms with Crippen LogP contribution >= 0.6 is 0 Å². The second-order valence-electron chi connectivity index (χ2n) is 3.53. The molecule has 0 saturated heterocycles. The molecule has 0 aliphatic rings. The van der Waals surface area contributed by atoms with Crippen LogP contribution in [0.3, 0.4) is 0 Å². The second-order valence-corrected chi connectivity index (χ2v) is 9.01. The minimum absolute atomic E-state index is 0.441. The van der Waals surface area contributed by atoms with Crippen LogP contribution in [0.4, 0.5) is 0 Å². The Hall–Kier alpha value is -0.753. The number of carbonyl (C=O) groups is 1. The fourth-order valence-corrected chi connectivity index (χ4v) is 1.05. The third-order valence-electron chi connectivity index (χ3n) is 0.995.